The van der Waals surface area contributed by atoms with Gasteiger partial charge >= 0.3 is 5.97 Å². The molecule has 0 bridgehead atoms. The number of ketones is 1. The minimum Gasteiger partial charge on any atom is -0.481 e. The van der Waals surface area contributed by atoms with Crippen LogP contribution in [0.15, 0.2) is 0 Å². The van der Waals surface area contributed by atoms with Gasteiger partial charge in [0.15, 0.2) is 0 Å². The third-order valence-electron chi connectivity index (χ3n) is 1.14. The Morgan fingerprint density at radius 1 is 1.08 bits per heavy atom. The van der Waals surface area contributed by atoms with Gasteiger partial charge < -0.3 is 16.8 Å². The monoisotopic (exact) mass is 237 g/mol. The Labute approximate surface area is 92.7 Å². The summed E-state index contributed by atoms with van der Waals surface area (Å²) in [5, 5.41) is 7.99. The minimum atomic E-state index is -0.741. The van der Waals surface area contributed by atoms with Crippen LogP contribution in [0.5, 0.6) is 0 Å². The number of hydrogen-bond donors (Lipinski definition) is 1. The summed E-state index contributed by atoms with van der Waals surface area (Å²) in [7, 11) is 0. The molecule has 74 valence electrons. The van der Waals surface area contributed by atoms with Gasteiger partial charge in [-0.15, -0.1) is 0 Å². The molecule has 0 radical (unpaired) electrons. The van der Waals surface area contributed by atoms with Gasteiger partial charge in [0.25, 0.3) is 0 Å². The smallest absolute Gasteiger partial charge is 0.305 e. The van der Waals surface area contributed by atoms with Crippen LogP contribution in [0.2, 0.25) is 0 Å². The van der Waals surface area contributed by atoms with Crippen LogP contribution in [0.4, 0.5) is 0 Å². The quantitative estimate of drug-likeness (QED) is 0.589. The molecule has 4 heteroatoms. The molecule has 13 heavy (non-hydrogen) atoms. The average Bonchev–Trinajstić information content (AvgIpc) is 1.88. The number of Topliss-reactive ketones (excluding diaryl/α,β-unsaturated/α-hetero) is 1. The fourth-order valence-electron chi connectivity index (χ4n) is 0. The first-order valence-corrected chi connectivity index (χ1v) is 3.87. The summed E-state index contributed by atoms with van der Waals surface area (Å²) in [6.07, 6.45) is 0. The first kappa shape index (κ1) is 18.4. The average molecular weight is 239 g/mol. The molecule has 0 aromatic rings. The molecular formula is C9H17O3Zn-. The van der Waals surface area contributed by atoms with Crippen molar-refractivity contribution in [1.29, 1.82) is 0 Å². The van der Waals surface area contributed by atoms with Gasteiger partial charge in [-0.2, -0.15) is 0 Å². The van der Waals surface area contributed by atoms with Crippen molar-refractivity contribution < 1.29 is 34.2 Å². The second kappa shape index (κ2) is 9.72. The zero-order chi connectivity index (χ0) is 10.3. The molecule has 0 saturated heterocycles. The van der Waals surface area contributed by atoms with Crippen molar-refractivity contribution in [2.45, 2.75) is 27.7 Å². The molecule has 0 aromatic carbocycles. The summed E-state index contributed by atoms with van der Waals surface area (Å²) >= 11 is 0. The number of carbonyl (C=O) groups excluding carboxylic acids is 1. The van der Waals surface area contributed by atoms with Crippen LogP contribution in [0.1, 0.15) is 27.7 Å². The molecule has 0 saturated carbocycles. The molecule has 1 N–H and O–H groups in total. The van der Waals surface area contributed by atoms with Gasteiger partial charge in [-0.25, -0.2) is 0 Å². The second-order valence-electron chi connectivity index (χ2n) is 3.11. The van der Waals surface area contributed by atoms with Gasteiger partial charge in [-0.05, 0) is 11.7 Å². The fraction of sp³-hybridized carbons (Fsp3) is 0.667. The Morgan fingerprint density at radius 2 is 1.23 bits per heavy atom. The second-order valence-corrected chi connectivity index (χ2v) is 3.11. The van der Waals surface area contributed by atoms with E-state index < -0.39 is 5.97 Å². The van der Waals surface area contributed by atoms with E-state index in [4.69, 9.17) is 5.11 Å². The Balaban J connectivity index is -0.000000143. The Hall–Kier alpha value is -0.367. The van der Waals surface area contributed by atoms with E-state index in [1.807, 2.05) is 13.8 Å². The Bertz CT molecular complexity index is 135. The first-order valence-electron chi connectivity index (χ1n) is 3.87. The van der Waals surface area contributed by atoms with Crippen molar-refractivity contribution in [3.8, 4) is 0 Å². The third-order valence-corrected chi connectivity index (χ3v) is 1.14. The molecule has 0 fully saturated rings. The molecule has 0 aromatic heterocycles. The summed E-state index contributed by atoms with van der Waals surface area (Å²) in [4.78, 5) is 19.7. The van der Waals surface area contributed by atoms with Crippen LogP contribution < -0.4 is 0 Å². The van der Waals surface area contributed by atoms with E-state index in [-0.39, 0.29) is 37.1 Å². The van der Waals surface area contributed by atoms with E-state index in [2.05, 4.69) is 6.92 Å². The van der Waals surface area contributed by atoms with E-state index >= 15 is 0 Å². The molecule has 0 amide bonds. The number of rotatable bonds is 2. The summed E-state index contributed by atoms with van der Waals surface area (Å²) in [5.41, 5.74) is 0. The van der Waals surface area contributed by atoms with Crippen molar-refractivity contribution in [3.05, 3.63) is 6.92 Å². The minimum absolute atomic E-state index is 0. The van der Waals surface area contributed by atoms with Gasteiger partial charge in [0.1, 0.15) is 0 Å². The largest absolute Gasteiger partial charge is 0.481 e. The van der Waals surface area contributed by atoms with Crippen molar-refractivity contribution >= 4 is 11.8 Å². The molecule has 0 rings (SSSR count). The van der Waals surface area contributed by atoms with Crippen molar-refractivity contribution in [1.82, 2.24) is 0 Å². The number of hydrogen-bond acceptors (Lipinski definition) is 2. The van der Waals surface area contributed by atoms with Crippen molar-refractivity contribution in [2.75, 3.05) is 0 Å². The first-order chi connectivity index (χ1) is 5.29. The Kier molecular flexibility index (Phi) is 13.8. The van der Waals surface area contributed by atoms with E-state index in [0.717, 1.165) is 0 Å². The maximum atomic E-state index is 10.0. The molecule has 3 nitrogen and oxygen atoms in total. The summed E-state index contributed by atoms with van der Waals surface area (Å²) in [5.74, 6) is -0.861. The maximum Gasteiger partial charge on any atom is 0.305 e. The van der Waals surface area contributed by atoms with E-state index in [9.17, 15) is 9.59 Å². The van der Waals surface area contributed by atoms with Crippen LogP contribution in [-0.2, 0) is 29.1 Å². The van der Waals surface area contributed by atoms with Gasteiger partial charge in [0.2, 0.25) is 0 Å². The number of carbonyl (C=O) groups is 2. The zero-order valence-corrected chi connectivity index (χ0v) is 11.8. The molecule has 0 unspecified atom stereocenters. The standard InChI is InChI=1S/C5H9O.C4H8O2.Zn/c1-4(2)5(3)6;1-3(2)4(5)6;/h4H,3H2,1-2H3;3H,1-2H3,(H,5,6);/q-1;;. The van der Waals surface area contributed by atoms with Gasteiger partial charge in [0.05, 0.1) is 5.92 Å². The van der Waals surface area contributed by atoms with Crippen LogP contribution in [0.25, 0.3) is 0 Å². The number of carboxylic acids is 1. The number of aliphatic carboxylic acids is 1. The topological polar surface area (TPSA) is 54.4 Å². The molecule has 0 aliphatic carbocycles. The van der Waals surface area contributed by atoms with Crippen molar-refractivity contribution in [2.24, 2.45) is 11.8 Å². The SMILES string of the molecule is CC(C)C(=O)O.[CH2-]C(=O)C(C)C.[Zn]. The molecule has 0 atom stereocenters. The molecule has 0 spiro atoms. The number of carboxylic acid groups (broad SMARTS) is 1. The van der Waals surface area contributed by atoms with Gasteiger partial charge in [-0.3, -0.25) is 4.79 Å². The van der Waals surface area contributed by atoms with E-state index in [0.29, 0.717) is 0 Å². The molecule has 0 aliphatic heterocycles. The molecule has 0 aliphatic rings. The summed E-state index contributed by atoms with van der Waals surface area (Å²) in [6, 6.07) is 0. The summed E-state index contributed by atoms with van der Waals surface area (Å²) < 4.78 is 0. The third kappa shape index (κ3) is 18.5. The summed E-state index contributed by atoms with van der Waals surface area (Å²) in [6.45, 7) is 10.1. The van der Waals surface area contributed by atoms with Crippen molar-refractivity contribution in [3.63, 3.8) is 0 Å². The van der Waals surface area contributed by atoms with E-state index in [1.165, 1.54) is 0 Å². The maximum absolute atomic E-state index is 10.0. The predicted molar refractivity (Wildman–Crippen MR) is 47.7 cm³/mol. The fourth-order valence-corrected chi connectivity index (χ4v) is 0. The normalized spacial score (nSPS) is 8.46. The van der Waals surface area contributed by atoms with Gasteiger partial charge in [-0.1, -0.05) is 27.7 Å². The zero-order valence-electron chi connectivity index (χ0n) is 8.83. The van der Waals surface area contributed by atoms with E-state index in [1.54, 1.807) is 13.8 Å². The van der Waals surface area contributed by atoms with Crippen LogP contribution in [-0.4, -0.2) is 16.9 Å². The predicted octanol–water partition coefficient (Wildman–Crippen LogP) is 1.77. The molecular weight excluding hydrogens is 221 g/mol. The Morgan fingerprint density at radius 3 is 1.23 bits per heavy atom. The molecule has 0 heterocycles. The van der Waals surface area contributed by atoms with Gasteiger partial charge in [0, 0.05) is 19.5 Å². The van der Waals surface area contributed by atoms with Crippen LogP contribution in [0, 0.1) is 18.8 Å². The van der Waals surface area contributed by atoms with Crippen LogP contribution in [0.3, 0.4) is 0 Å². The van der Waals surface area contributed by atoms with Crippen LogP contribution >= 0.6 is 0 Å².